The first-order chi connectivity index (χ1) is 22.9. The summed E-state index contributed by atoms with van der Waals surface area (Å²) in [4.78, 5) is 59.2. The van der Waals surface area contributed by atoms with Crippen LogP contribution in [0.3, 0.4) is 0 Å². The molecule has 2 aliphatic heterocycles. The summed E-state index contributed by atoms with van der Waals surface area (Å²) in [6.07, 6.45) is 9.04. The third kappa shape index (κ3) is 6.45. The van der Waals surface area contributed by atoms with Crippen LogP contribution in [0.2, 0.25) is 5.02 Å². The number of amides is 4. The molecule has 1 aromatic heterocycles. The van der Waals surface area contributed by atoms with E-state index in [0.29, 0.717) is 38.9 Å². The van der Waals surface area contributed by atoms with E-state index in [-0.39, 0.29) is 25.0 Å². The molecule has 3 heterocycles. The molecule has 1 aromatic carbocycles. The first-order valence-corrected chi connectivity index (χ1v) is 18.5. The zero-order valence-corrected chi connectivity index (χ0v) is 29.8. The molecule has 0 unspecified atom stereocenters. The van der Waals surface area contributed by atoms with Crippen LogP contribution in [0.4, 0.5) is 4.79 Å². The molecule has 1 atom stereocenters. The number of halogens is 1. The van der Waals surface area contributed by atoms with Crippen molar-refractivity contribution in [1.29, 1.82) is 0 Å². The molecule has 6 aliphatic rings. The van der Waals surface area contributed by atoms with Gasteiger partial charge in [0.2, 0.25) is 5.91 Å². The quantitative estimate of drug-likeness (QED) is 0.132. The monoisotopic (exact) mass is 708 g/mol. The van der Waals surface area contributed by atoms with Crippen molar-refractivity contribution in [3.05, 3.63) is 51.5 Å². The van der Waals surface area contributed by atoms with Gasteiger partial charge >= 0.3 is 12.0 Å². The van der Waals surface area contributed by atoms with Gasteiger partial charge < -0.3 is 15.0 Å². The van der Waals surface area contributed by atoms with Gasteiger partial charge in [-0.15, -0.1) is 0 Å². The summed E-state index contributed by atoms with van der Waals surface area (Å²) < 4.78 is 6.16. The van der Waals surface area contributed by atoms with Crippen LogP contribution in [-0.4, -0.2) is 67.1 Å². The standard InChI is InChI=1S/C36H41ClN4O5S2/c1-36(2,3)41-30(42)18-28(39-34(41)45)33(44)46-10-4-5-22-16-26(21-6-8-25(37)9-7-21)38-27(22)17-29-32(43)40(35(47)48-29)31-23-12-19-11-20(14-23)15-24(31)13-19/h6-9,16-17,19-20,23-24,28,31,38H,4-5,10-15,18H2,1-3H3,(H,39,45)/b29-17-/t19?,20?,23?,24?,28-,31?/m0/s1. The number of benzene rings is 1. The summed E-state index contributed by atoms with van der Waals surface area (Å²) in [5, 5.41) is 3.25. The Bertz CT molecular complexity index is 1650. The van der Waals surface area contributed by atoms with Gasteiger partial charge in [0.25, 0.3) is 5.91 Å². The van der Waals surface area contributed by atoms with Gasteiger partial charge in [0.15, 0.2) is 0 Å². The SMILES string of the molecule is CC(C)(C)N1C(=O)C[C@@H](C(=O)OCCCc2cc(-c3ccc(Cl)cc3)[nH]c2/C=C2\SC(=S)N(C3C4CC5CC(C4)CC3C5)C2=O)NC1=O. The van der Waals surface area contributed by atoms with Crippen molar-refractivity contribution in [2.24, 2.45) is 23.7 Å². The number of H-pyrrole nitrogens is 1. The fourth-order valence-corrected chi connectivity index (χ4v) is 10.3. The van der Waals surface area contributed by atoms with Crippen molar-refractivity contribution >= 4 is 69.8 Å². The van der Waals surface area contributed by atoms with Crippen LogP contribution in [0.25, 0.3) is 17.3 Å². The van der Waals surface area contributed by atoms with E-state index in [9.17, 15) is 19.2 Å². The van der Waals surface area contributed by atoms with Crippen molar-refractivity contribution in [3.8, 4) is 11.3 Å². The predicted molar refractivity (Wildman–Crippen MR) is 190 cm³/mol. The van der Waals surface area contributed by atoms with Crippen molar-refractivity contribution in [2.45, 2.75) is 89.8 Å². The Hall–Kier alpha value is -3.15. The van der Waals surface area contributed by atoms with Crippen molar-refractivity contribution in [3.63, 3.8) is 0 Å². The number of imide groups is 1. The minimum absolute atomic E-state index is 0.000834. The molecular weight excluding hydrogens is 668 g/mol. The van der Waals surface area contributed by atoms with Crippen molar-refractivity contribution < 1.29 is 23.9 Å². The molecule has 4 aliphatic carbocycles. The molecule has 6 fully saturated rings. The molecule has 4 amide bonds. The topological polar surface area (TPSA) is 112 Å². The number of aromatic nitrogens is 1. The summed E-state index contributed by atoms with van der Waals surface area (Å²) in [5.74, 6) is 1.67. The molecule has 254 valence electrons. The number of carbonyl (C=O) groups is 4. The lowest BCUT2D eigenvalue weighted by molar-refractivity contribution is -0.150. The highest BCUT2D eigenvalue weighted by atomic mass is 35.5. The summed E-state index contributed by atoms with van der Waals surface area (Å²) in [6, 6.07) is 8.20. The van der Waals surface area contributed by atoms with Gasteiger partial charge in [0.1, 0.15) is 10.4 Å². The van der Waals surface area contributed by atoms with Crippen LogP contribution in [0, 0.1) is 23.7 Å². The number of ether oxygens (including phenoxy) is 1. The van der Waals surface area contributed by atoms with Crippen LogP contribution in [0.1, 0.15) is 77.0 Å². The number of hydrogen-bond acceptors (Lipinski definition) is 7. The van der Waals surface area contributed by atoms with E-state index < -0.39 is 29.5 Å². The fraction of sp³-hybridized carbons (Fsp3) is 0.528. The molecule has 12 heteroatoms. The zero-order chi connectivity index (χ0) is 33.9. The van der Waals surface area contributed by atoms with E-state index in [1.807, 2.05) is 35.2 Å². The van der Waals surface area contributed by atoms with Crippen LogP contribution in [0.5, 0.6) is 0 Å². The Balaban J connectivity index is 1.05. The Morgan fingerprint density at radius 3 is 2.35 bits per heavy atom. The first kappa shape index (κ1) is 33.4. The Morgan fingerprint density at radius 2 is 1.73 bits per heavy atom. The molecule has 0 spiro atoms. The first-order valence-electron chi connectivity index (χ1n) is 16.9. The highest BCUT2D eigenvalue weighted by molar-refractivity contribution is 8.26. The van der Waals surface area contributed by atoms with Crippen molar-refractivity contribution in [1.82, 2.24) is 20.1 Å². The van der Waals surface area contributed by atoms with Gasteiger partial charge in [-0.2, -0.15) is 0 Å². The van der Waals surface area contributed by atoms with E-state index in [1.54, 1.807) is 20.8 Å². The van der Waals surface area contributed by atoms with Crippen molar-refractivity contribution in [2.75, 3.05) is 6.61 Å². The summed E-state index contributed by atoms with van der Waals surface area (Å²) in [6.45, 7) is 5.40. The minimum Gasteiger partial charge on any atom is -0.464 e. The van der Waals surface area contributed by atoms with Crippen LogP contribution < -0.4 is 5.32 Å². The number of hydrogen-bond donors (Lipinski definition) is 2. The second-order valence-electron chi connectivity index (χ2n) is 15.0. The van der Waals surface area contributed by atoms with E-state index in [1.165, 1.54) is 43.9 Å². The number of urea groups is 1. The van der Waals surface area contributed by atoms with E-state index >= 15 is 0 Å². The predicted octanol–water partition coefficient (Wildman–Crippen LogP) is 6.95. The summed E-state index contributed by atoms with van der Waals surface area (Å²) in [7, 11) is 0. The molecule has 2 aromatic rings. The molecule has 2 saturated heterocycles. The van der Waals surface area contributed by atoms with Gasteiger partial charge in [-0.1, -0.05) is 47.7 Å². The summed E-state index contributed by atoms with van der Waals surface area (Å²) in [5.41, 5.74) is 2.93. The van der Waals surface area contributed by atoms with E-state index in [0.717, 1.165) is 39.3 Å². The molecule has 8 rings (SSSR count). The average Bonchev–Trinajstić information content (AvgIpc) is 3.53. The minimum atomic E-state index is -1.01. The molecule has 4 saturated carbocycles. The van der Waals surface area contributed by atoms with Crippen LogP contribution >= 0.6 is 35.6 Å². The lowest BCUT2D eigenvalue weighted by atomic mass is 9.54. The fourth-order valence-electron chi connectivity index (χ4n) is 8.82. The molecule has 2 N–H and O–H groups in total. The number of aryl methyl sites for hydroxylation is 1. The van der Waals surface area contributed by atoms with Gasteiger partial charge in [0, 0.05) is 28.0 Å². The number of thiocarbonyl (C=S) groups is 1. The molecule has 0 radical (unpaired) electrons. The summed E-state index contributed by atoms with van der Waals surface area (Å²) >= 11 is 13.4. The Morgan fingerprint density at radius 1 is 1.06 bits per heavy atom. The zero-order valence-electron chi connectivity index (χ0n) is 27.4. The smallest absolute Gasteiger partial charge is 0.329 e. The number of rotatable bonds is 8. The molecular formula is C36H41ClN4O5S2. The number of carbonyl (C=O) groups excluding carboxylic acids is 4. The number of nitrogens with one attached hydrogen (secondary N) is 2. The van der Waals surface area contributed by atoms with Gasteiger partial charge in [-0.3, -0.25) is 19.4 Å². The van der Waals surface area contributed by atoms with Gasteiger partial charge in [-0.05, 0) is 125 Å². The Labute approximate surface area is 295 Å². The number of thioether (sulfide) groups is 1. The molecule has 48 heavy (non-hydrogen) atoms. The molecule has 4 bridgehead atoms. The number of esters is 1. The van der Waals surface area contributed by atoms with E-state index in [4.69, 9.17) is 28.6 Å². The molecule has 9 nitrogen and oxygen atoms in total. The average molecular weight is 709 g/mol. The lowest BCUT2D eigenvalue weighted by Gasteiger charge is -2.56. The highest BCUT2D eigenvalue weighted by Gasteiger charge is 2.53. The van der Waals surface area contributed by atoms with Gasteiger partial charge in [0.05, 0.1) is 17.9 Å². The third-order valence-electron chi connectivity index (χ3n) is 10.6. The van der Waals surface area contributed by atoms with Crippen LogP contribution in [0.15, 0.2) is 35.2 Å². The maximum Gasteiger partial charge on any atom is 0.329 e. The second-order valence-corrected chi connectivity index (χ2v) is 17.1. The van der Waals surface area contributed by atoms with E-state index in [2.05, 4.69) is 16.4 Å². The second kappa shape index (κ2) is 12.9. The largest absolute Gasteiger partial charge is 0.464 e. The number of nitrogens with zero attached hydrogens (tertiary/aromatic N) is 2. The maximum absolute atomic E-state index is 14.0. The van der Waals surface area contributed by atoms with Gasteiger partial charge in [-0.25, -0.2) is 9.59 Å². The highest BCUT2D eigenvalue weighted by Crippen LogP contribution is 2.56. The normalized spacial score (nSPS) is 29.3. The lowest BCUT2D eigenvalue weighted by Crippen LogP contribution is -2.62. The number of aromatic amines is 1. The maximum atomic E-state index is 14.0. The van der Waals surface area contributed by atoms with Crippen LogP contribution in [-0.2, 0) is 25.5 Å². The third-order valence-corrected chi connectivity index (χ3v) is 12.2. The Kier molecular flexibility index (Phi) is 9.00.